The first-order chi connectivity index (χ1) is 12.2. The second-order valence-electron chi connectivity index (χ2n) is 6.18. The fraction of sp³-hybridized carbons (Fsp3) is 0.474. The maximum Gasteiger partial charge on any atom is 0.179 e. The molecular formula is C19H25ClN2O3. The van der Waals surface area contributed by atoms with Crippen molar-refractivity contribution in [2.45, 2.75) is 25.4 Å². The van der Waals surface area contributed by atoms with Gasteiger partial charge in [0.1, 0.15) is 5.76 Å². The Morgan fingerprint density at radius 2 is 2.00 bits per heavy atom. The highest BCUT2D eigenvalue weighted by atomic mass is 35.5. The third-order valence-corrected chi connectivity index (χ3v) is 5.09. The van der Waals surface area contributed by atoms with Crippen LogP contribution in [0.25, 0.3) is 0 Å². The van der Waals surface area contributed by atoms with Crippen molar-refractivity contribution in [2.24, 2.45) is 0 Å². The number of benzene rings is 1. The maximum absolute atomic E-state index is 6.46. The second kappa shape index (κ2) is 8.61. The zero-order valence-corrected chi connectivity index (χ0v) is 15.5. The first kappa shape index (κ1) is 18.1. The summed E-state index contributed by atoms with van der Waals surface area (Å²) in [6.45, 7) is 3.69. The standard InChI is InChI=1S/C19H25ClN2O3/c1-23-17-8-7-14(18(20)19(17)24-2)12-21-13-15(16-6-5-11-25-16)22-9-3-4-10-22/h5-8,11,15,21H,3-4,9-10,12-13H2,1-2H3. The molecule has 25 heavy (non-hydrogen) atoms. The molecule has 1 unspecified atom stereocenters. The molecule has 0 amide bonds. The first-order valence-corrected chi connectivity index (χ1v) is 9.00. The number of hydrogen-bond acceptors (Lipinski definition) is 5. The number of ether oxygens (including phenoxy) is 2. The van der Waals surface area contributed by atoms with E-state index < -0.39 is 0 Å². The fourth-order valence-corrected chi connectivity index (χ4v) is 3.65. The number of nitrogens with zero attached hydrogens (tertiary/aromatic N) is 1. The van der Waals surface area contributed by atoms with Gasteiger partial charge in [-0.3, -0.25) is 4.90 Å². The Kier molecular flexibility index (Phi) is 6.24. The third-order valence-electron chi connectivity index (χ3n) is 4.67. The summed E-state index contributed by atoms with van der Waals surface area (Å²) in [7, 11) is 3.21. The summed E-state index contributed by atoms with van der Waals surface area (Å²) in [6.07, 6.45) is 4.24. The number of hydrogen-bond donors (Lipinski definition) is 1. The second-order valence-corrected chi connectivity index (χ2v) is 6.56. The Balaban J connectivity index is 1.66. The Morgan fingerprint density at radius 3 is 2.64 bits per heavy atom. The monoisotopic (exact) mass is 364 g/mol. The number of furan rings is 1. The van der Waals surface area contributed by atoms with Crippen LogP contribution in [-0.2, 0) is 6.54 Å². The molecule has 2 heterocycles. The van der Waals surface area contributed by atoms with Crippen LogP contribution in [0.15, 0.2) is 34.9 Å². The van der Waals surface area contributed by atoms with Crippen LogP contribution < -0.4 is 14.8 Å². The van der Waals surface area contributed by atoms with Gasteiger partial charge < -0.3 is 19.2 Å². The quantitative estimate of drug-likeness (QED) is 0.770. The lowest BCUT2D eigenvalue weighted by Crippen LogP contribution is -2.33. The smallest absolute Gasteiger partial charge is 0.179 e. The van der Waals surface area contributed by atoms with Crippen molar-refractivity contribution < 1.29 is 13.9 Å². The normalized spacial score (nSPS) is 16.1. The molecule has 1 N–H and O–H groups in total. The van der Waals surface area contributed by atoms with Crippen LogP contribution >= 0.6 is 11.6 Å². The zero-order valence-electron chi connectivity index (χ0n) is 14.8. The van der Waals surface area contributed by atoms with Gasteiger partial charge in [-0.1, -0.05) is 17.7 Å². The summed E-state index contributed by atoms with van der Waals surface area (Å²) in [6, 6.07) is 8.09. The Morgan fingerprint density at radius 1 is 1.20 bits per heavy atom. The number of methoxy groups -OCH3 is 2. The molecule has 1 aromatic carbocycles. The largest absolute Gasteiger partial charge is 0.493 e. The van der Waals surface area contributed by atoms with Gasteiger partial charge in [0.15, 0.2) is 11.5 Å². The molecule has 0 bridgehead atoms. The van der Waals surface area contributed by atoms with Gasteiger partial charge in [0.2, 0.25) is 0 Å². The molecule has 1 saturated heterocycles. The molecule has 1 aliphatic rings. The highest BCUT2D eigenvalue weighted by molar-refractivity contribution is 6.33. The van der Waals surface area contributed by atoms with Crippen molar-refractivity contribution in [3.63, 3.8) is 0 Å². The van der Waals surface area contributed by atoms with Gasteiger partial charge in [-0.15, -0.1) is 0 Å². The number of nitrogens with one attached hydrogen (secondary N) is 1. The van der Waals surface area contributed by atoms with E-state index in [2.05, 4.69) is 10.2 Å². The summed E-state index contributed by atoms with van der Waals surface area (Å²) in [5.74, 6) is 2.22. The highest BCUT2D eigenvalue weighted by Crippen LogP contribution is 2.37. The molecular weight excluding hydrogens is 340 g/mol. The molecule has 0 radical (unpaired) electrons. The Bertz CT molecular complexity index is 670. The van der Waals surface area contributed by atoms with E-state index in [9.17, 15) is 0 Å². The molecule has 0 spiro atoms. The molecule has 1 fully saturated rings. The minimum absolute atomic E-state index is 0.247. The Labute approximate surface area is 153 Å². The molecule has 0 aliphatic carbocycles. The van der Waals surface area contributed by atoms with Crippen LogP contribution in [0.5, 0.6) is 11.5 Å². The predicted molar refractivity (Wildman–Crippen MR) is 98.5 cm³/mol. The molecule has 3 rings (SSSR count). The summed E-state index contributed by atoms with van der Waals surface area (Å²) in [5.41, 5.74) is 0.985. The van der Waals surface area contributed by atoms with E-state index in [4.69, 9.17) is 25.5 Å². The number of rotatable bonds is 8. The lowest BCUT2D eigenvalue weighted by Gasteiger charge is -2.26. The van der Waals surface area contributed by atoms with E-state index in [1.54, 1.807) is 20.5 Å². The fourth-order valence-electron chi connectivity index (χ4n) is 3.35. The van der Waals surface area contributed by atoms with Crippen LogP contribution in [0.2, 0.25) is 5.02 Å². The average Bonchev–Trinajstić information content (AvgIpc) is 3.33. The van der Waals surface area contributed by atoms with E-state index >= 15 is 0 Å². The van der Waals surface area contributed by atoms with Crippen LogP contribution in [0.4, 0.5) is 0 Å². The summed E-state index contributed by atoms with van der Waals surface area (Å²) >= 11 is 6.46. The molecule has 1 aliphatic heterocycles. The van der Waals surface area contributed by atoms with Gasteiger partial charge >= 0.3 is 0 Å². The molecule has 1 aromatic heterocycles. The van der Waals surface area contributed by atoms with Gasteiger partial charge in [-0.05, 0) is 49.7 Å². The lowest BCUT2D eigenvalue weighted by molar-refractivity contribution is 0.209. The lowest BCUT2D eigenvalue weighted by atomic mass is 10.1. The molecule has 136 valence electrons. The number of likely N-dealkylation sites (tertiary alicyclic amines) is 1. The molecule has 1 atom stereocenters. The van der Waals surface area contributed by atoms with Crippen molar-refractivity contribution >= 4 is 11.6 Å². The summed E-state index contributed by atoms with van der Waals surface area (Å²) in [5, 5.41) is 4.10. The molecule has 6 heteroatoms. The van der Waals surface area contributed by atoms with Crippen molar-refractivity contribution in [2.75, 3.05) is 33.9 Å². The summed E-state index contributed by atoms with van der Waals surface area (Å²) < 4.78 is 16.3. The van der Waals surface area contributed by atoms with Gasteiger partial charge in [0.25, 0.3) is 0 Å². The third kappa shape index (κ3) is 4.11. The summed E-state index contributed by atoms with van der Waals surface area (Å²) in [4.78, 5) is 2.47. The van der Waals surface area contributed by atoms with Gasteiger partial charge in [-0.25, -0.2) is 0 Å². The first-order valence-electron chi connectivity index (χ1n) is 8.62. The van der Waals surface area contributed by atoms with Crippen LogP contribution in [-0.4, -0.2) is 38.8 Å². The van der Waals surface area contributed by atoms with E-state index in [1.807, 2.05) is 24.3 Å². The predicted octanol–water partition coefficient (Wildman–Crippen LogP) is 3.88. The van der Waals surface area contributed by atoms with Crippen molar-refractivity contribution in [1.29, 1.82) is 0 Å². The van der Waals surface area contributed by atoms with E-state index in [0.717, 1.165) is 31.0 Å². The van der Waals surface area contributed by atoms with Crippen LogP contribution in [0.3, 0.4) is 0 Å². The van der Waals surface area contributed by atoms with E-state index in [-0.39, 0.29) is 6.04 Å². The van der Waals surface area contributed by atoms with Gasteiger partial charge in [0.05, 0.1) is 31.5 Å². The van der Waals surface area contributed by atoms with Crippen molar-refractivity contribution in [3.05, 3.63) is 46.9 Å². The van der Waals surface area contributed by atoms with E-state index in [0.29, 0.717) is 23.1 Å². The highest BCUT2D eigenvalue weighted by Gasteiger charge is 2.25. The number of halogens is 1. The minimum Gasteiger partial charge on any atom is -0.493 e. The van der Waals surface area contributed by atoms with Gasteiger partial charge in [-0.2, -0.15) is 0 Å². The van der Waals surface area contributed by atoms with E-state index in [1.165, 1.54) is 12.8 Å². The minimum atomic E-state index is 0.247. The van der Waals surface area contributed by atoms with Crippen LogP contribution in [0, 0.1) is 0 Å². The molecule has 0 saturated carbocycles. The van der Waals surface area contributed by atoms with Crippen molar-refractivity contribution in [3.8, 4) is 11.5 Å². The SMILES string of the molecule is COc1ccc(CNCC(c2ccco2)N2CCCC2)c(Cl)c1OC. The van der Waals surface area contributed by atoms with Crippen LogP contribution in [0.1, 0.15) is 30.2 Å². The average molecular weight is 365 g/mol. The van der Waals surface area contributed by atoms with Gasteiger partial charge in [0, 0.05) is 13.1 Å². The van der Waals surface area contributed by atoms with Crippen molar-refractivity contribution in [1.82, 2.24) is 10.2 Å². The Hall–Kier alpha value is -1.69. The molecule has 5 nitrogen and oxygen atoms in total. The molecule has 2 aromatic rings. The topological polar surface area (TPSA) is 46.9 Å². The zero-order chi connectivity index (χ0) is 17.6. The maximum atomic E-state index is 6.46.